The van der Waals surface area contributed by atoms with E-state index in [4.69, 9.17) is 4.74 Å². The first-order valence-electron chi connectivity index (χ1n) is 9.60. The fourth-order valence-corrected chi connectivity index (χ4v) is 6.70. The molecule has 7 heteroatoms. The van der Waals surface area contributed by atoms with Crippen LogP contribution < -0.4 is 10.1 Å². The van der Waals surface area contributed by atoms with Crippen molar-refractivity contribution in [1.82, 2.24) is 10.2 Å². The molecule has 6 rings (SSSR count). The van der Waals surface area contributed by atoms with Crippen molar-refractivity contribution in [3.8, 4) is 5.75 Å². The Morgan fingerprint density at radius 3 is 2.56 bits per heavy atom. The molecule has 2 aromatic rings. The van der Waals surface area contributed by atoms with Gasteiger partial charge in [-0.25, -0.2) is 4.39 Å². The minimum Gasteiger partial charge on any atom is -0.484 e. The van der Waals surface area contributed by atoms with E-state index in [0.717, 1.165) is 22.8 Å². The Hall–Kier alpha value is -2.02. The lowest BCUT2D eigenvalue weighted by molar-refractivity contribution is -0.118. The number of carbonyl (C=O) groups is 1. The second kappa shape index (κ2) is 6.55. The smallest absolute Gasteiger partial charge is 0.264 e. The molecule has 1 aromatic carbocycles. The van der Waals surface area contributed by atoms with Gasteiger partial charge in [-0.1, -0.05) is 17.4 Å². The van der Waals surface area contributed by atoms with E-state index in [1.54, 1.807) is 12.1 Å². The third kappa shape index (κ3) is 3.33. The number of anilines is 1. The number of hydrogen-bond donors (Lipinski definition) is 1. The largest absolute Gasteiger partial charge is 0.484 e. The summed E-state index contributed by atoms with van der Waals surface area (Å²) < 4.78 is 18.5. The summed E-state index contributed by atoms with van der Waals surface area (Å²) in [5.41, 5.74) is 0.188. The standard InChI is InChI=1S/C20H22FN3O2S/c21-15-2-1-3-16(7-15)26-11-17(25)22-19-24-23-18(27-19)20-8-12-4-13(9-20)6-14(5-12)10-20/h1-3,7,12-14H,4-6,8-11H2,(H,22,24,25). The predicted octanol–water partition coefficient (Wildman–Crippen LogP) is 4.16. The van der Waals surface area contributed by atoms with Crippen LogP contribution in [-0.4, -0.2) is 22.7 Å². The van der Waals surface area contributed by atoms with Gasteiger partial charge in [-0.2, -0.15) is 0 Å². The van der Waals surface area contributed by atoms with Crippen LogP contribution in [0.15, 0.2) is 24.3 Å². The Morgan fingerprint density at radius 1 is 1.19 bits per heavy atom. The lowest BCUT2D eigenvalue weighted by atomic mass is 9.50. The van der Waals surface area contributed by atoms with Crippen LogP contribution in [0.25, 0.3) is 0 Å². The number of aromatic nitrogens is 2. The highest BCUT2D eigenvalue weighted by Gasteiger charge is 2.53. The third-order valence-electron chi connectivity index (χ3n) is 6.33. The van der Waals surface area contributed by atoms with Gasteiger partial charge in [0.25, 0.3) is 5.91 Å². The first-order chi connectivity index (χ1) is 13.1. The van der Waals surface area contributed by atoms with Crippen LogP contribution in [0.1, 0.15) is 43.5 Å². The van der Waals surface area contributed by atoms with Gasteiger partial charge >= 0.3 is 0 Å². The number of rotatable bonds is 5. The summed E-state index contributed by atoms with van der Waals surface area (Å²) in [4.78, 5) is 12.1. The van der Waals surface area contributed by atoms with E-state index >= 15 is 0 Å². The molecule has 0 atom stereocenters. The van der Waals surface area contributed by atoms with Crippen LogP contribution in [0.3, 0.4) is 0 Å². The highest BCUT2D eigenvalue weighted by atomic mass is 32.1. The van der Waals surface area contributed by atoms with Gasteiger partial charge in [0.05, 0.1) is 0 Å². The number of carbonyl (C=O) groups excluding carboxylic acids is 1. The van der Waals surface area contributed by atoms with Crippen molar-refractivity contribution in [2.75, 3.05) is 11.9 Å². The van der Waals surface area contributed by atoms with E-state index in [1.807, 2.05) is 0 Å². The minimum atomic E-state index is -0.391. The molecule has 0 unspecified atom stereocenters. The van der Waals surface area contributed by atoms with Gasteiger partial charge in [-0.15, -0.1) is 10.2 Å². The number of nitrogens with zero attached hydrogens (tertiary/aromatic N) is 2. The van der Waals surface area contributed by atoms with E-state index < -0.39 is 5.82 Å². The molecular formula is C20H22FN3O2S. The number of benzene rings is 1. The van der Waals surface area contributed by atoms with Crippen LogP contribution in [0.2, 0.25) is 0 Å². The van der Waals surface area contributed by atoms with Gasteiger partial charge < -0.3 is 4.74 Å². The maximum atomic E-state index is 13.2. The second-order valence-electron chi connectivity index (χ2n) is 8.40. The molecule has 0 aliphatic heterocycles. The molecule has 1 N–H and O–H groups in total. The number of halogens is 1. The first kappa shape index (κ1) is 17.1. The minimum absolute atomic E-state index is 0.185. The molecule has 27 heavy (non-hydrogen) atoms. The van der Waals surface area contributed by atoms with Crippen LogP contribution >= 0.6 is 11.3 Å². The molecule has 4 saturated carbocycles. The SMILES string of the molecule is O=C(COc1cccc(F)c1)Nc1nnc(C23CC4CC(CC(C4)C2)C3)s1. The third-order valence-corrected chi connectivity index (χ3v) is 7.41. The van der Waals surface area contributed by atoms with Gasteiger partial charge in [-0.05, 0) is 68.4 Å². The summed E-state index contributed by atoms with van der Waals surface area (Å²) in [5.74, 6) is 2.16. The summed E-state index contributed by atoms with van der Waals surface area (Å²) in [6.07, 6.45) is 7.84. The van der Waals surface area contributed by atoms with Crippen LogP contribution in [-0.2, 0) is 10.2 Å². The zero-order valence-electron chi connectivity index (χ0n) is 15.0. The molecular weight excluding hydrogens is 365 g/mol. The Balaban J connectivity index is 1.23. The fraction of sp³-hybridized carbons (Fsp3) is 0.550. The van der Waals surface area contributed by atoms with Crippen LogP contribution in [0.4, 0.5) is 9.52 Å². The fourth-order valence-electron chi connectivity index (χ4n) is 5.72. The molecule has 4 aliphatic rings. The Bertz CT molecular complexity index is 833. The van der Waals surface area contributed by atoms with Crippen LogP contribution in [0, 0.1) is 23.6 Å². The maximum Gasteiger partial charge on any atom is 0.264 e. The van der Waals surface area contributed by atoms with Gasteiger partial charge in [0.2, 0.25) is 5.13 Å². The van der Waals surface area contributed by atoms with Gasteiger partial charge in [-0.3, -0.25) is 10.1 Å². The average Bonchev–Trinajstić information content (AvgIpc) is 3.08. The zero-order chi connectivity index (χ0) is 18.4. The molecule has 1 aromatic heterocycles. The molecule has 1 amide bonds. The number of nitrogens with one attached hydrogen (secondary N) is 1. The molecule has 5 nitrogen and oxygen atoms in total. The quantitative estimate of drug-likeness (QED) is 0.837. The number of ether oxygens (including phenoxy) is 1. The Labute approximate surface area is 161 Å². The second-order valence-corrected chi connectivity index (χ2v) is 9.38. The molecule has 4 aliphatic carbocycles. The summed E-state index contributed by atoms with van der Waals surface area (Å²) in [5, 5.41) is 13.0. The van der Waals surface area contributed by atoms with Crippen molar-refractivity contribution < 1.29 is 13.9 Å². The molecule has 0 radical (unpaired) electrons. The van der Waals surface area contributed by atoms with Crippen LogP contribution in [0.5, 0.6) is 5.75 Å². The Morgan fingerprint density at radius 2 is 1.89 bits per heavy atom. The zero-order valence-corrected chi connectivity index (χ0v) is 15.8. The Kier molecular flexibility index (Phi) is 4.15. The van der Waals surface area contributed by atoms with Crippen molar-refractivity contribution in [3.63, 3.8) is 0 Å². The van der Waals surface area contributed by atoms with E-state index in [2.05, 4.69) is 15.5 Å². The van der Waals surface area contributed by atoms with Crippen molar-refractivity contribution in [3.05, 3.63) is 35.1 Å². The first-order valence-corrected chi connectivity index (χ1v) is 10.4. The van der Waals surface area contributed by atoms with Gasteiger partial charge in [0.1, 0.15) is 16.6 Å². The van der Waals surface area contributed by atoms with E-state index in [9.17, 15) is 9.18 Å². The molecule has 0 saturated heterocycles. The van der Waals surface area contributed by atoms with Gasteiger partial charge in [0.15, 0.2) is 6.61 Å². The number of hydrogen-bond acceptors (Lipinski definition) is 5. The molecule has 4 bridgehead atoms. The average molecular weight is 387 g/mol. The monoisotopic (exact) mass is 387 g/mol. The molecule has 142 valence electrons. The van der Waals surface area contributed by atoms with E-state index in [0.29, 0.717) is 10.9 Å². The highest BCUT2D eigenvalue weighted by molar-refractivity contribution is 7.15. The van der Waals surface area contributed by atoms with E-state index in [-0.39, 0.29) is 17.9 Å². The summed E-state index contributed by atoms with van der Waals surface area (Å²) in [6, 6.07) is 5.75. The van der Waals surface area contributed by atoms with Crippen molar-refractivity contribution in [2.24, 2.45) is 17.8 Å². The van der Waals surface area contributed by atoms with Crippen molar-refractivity contribution >= 4 is 22.4 Å². The highest BCUT2D eigenvalue weighted by Crippen LogP contribution is 2.61. The maximum absolute atomic E-state index is 13.2. The lowest BCUT2D eigenvalue weighted by Gasteiger charge is -2.55. The normalized spacial score (nSPS) is 31.1. The van der Waals surface area contributed by atoms with Gasteiger partial charge in [0, 0.05) is 11.5 Å². The molecule has 1 heterocycles. The predicted molar refractivity (Wildman–Crippen MR) is 100 cm³/mol. The summed E-state index contributed by atoms with van der Waals surface area (Å²) in [6.45, 7) is -0.185. The summed E-state index contributed by atoms with van der Waals surface area (Å²) in [7, 11) is 0. The molecule has 4 fully saturated rings. The van der Waals surface area contributed by atoms with Crippen molar-refractivity contribution in [2.45, 2.75) is 43.9 Å². The number of amides is 1. The van der Waals surface area contributed by atoms with E-state index in [1.165, 1.54) is 62.0 Å². The summed E-state index contributed by atoms with van der Waals surface area (Å²) >= 11 is 1.50. The topological polar surface area (TPSA) is 64.1 Å². The molecule has 0 spiro atoms. The lowest BCUT2D eigenvalue weighted by Crippen LogP contribution is -2.48. The van der Waals surface area contributed by atoms with Crippen molar-refractivity contribution in [1.29, 1.82) is 0 Å².